The molecule has 0 N–H and O–H groups in total. The Morgan fingerprint density at radius 1 is 1.03 bits per heavy atom. The lowest BCUT2D eigenvalue weighted by atomic mass is 9.95. The number of halogens is 1. The fraction of sp³-hybridized carbons (Fsp3) is 0.200. The summed E-state index contributed by atoms with van der Waals surface area (Å²) in [7, 11) is 3.22. The van der Waals surface area contributed by atoms with Gasteiger partial charge in [-0.1, -0.05) is 46.3 Å². The zero-order valence-electron chi connectivity index (χ0n) is 17.6. The highest BCUT2D eigenvalue weighted by Gasteiger charge is 2.43. The zero-order valence-corrected chi connectivity index (χ0v) is 19.2. The van der Waals surface area contributed by atoms with Gasteiger partial charge in [-0.2, -0.15) is 5.10 Å². The Bertz CT molecular complexity index is 1210. The minimum absolute atomic E-state index is 0.0903. The van der Waals surface area contributed by atoms with Gasteiger partial charge in [0.1, 0.15) is 5.75 Å². The van der Waals surface area contributed by atoms with Crippen LogP contribution in [-0.4, -0.2) is 37.0 Å². The number of hydrazone groups is 1. The molecule has 3 aromatic rings. The van der Waals surface area contributed by atoms with Gasteiger partial charge in [-0.15, -0.1) is 0 Å². The number of rotatable bonds is 5. The first-order chi connectivity index (χ1) is 15.6. The van der Waals surface area contributed by atoms with E-state index in [1.54, 1.807) is 31.4 Å². The first kappa shape index (κ1) is 20.6. The van der Waals surface area contributed by atoms with Gasteiger partial charge in [0.25, 0.3) is 6.23 Å². The number of hydrogen-bond acceptors (Lipinski definition) is 6. The maximum absolute atomic E-state index is 13.4. The van der Waals surface area contributed by atoms with Gasteiger partial charge in [0.2, 0.25) is 5.78 Å². The van der Waals surface area contributed by atoms with Crippen LogP contribution in [0.1, 0.15) is 33.9 Å². The normalized spacial score (nSPS) is 18.8. The number of Topliss-reactive ketones (excluding diaryl/α,β-unsaturated/α-hetero) is 1. The summed E-state index contributed by atoms with van der Waals surface area (Å²) in [6, 6.07) is 20.8. The summed E-state index contributed by atoms with van der Waals surface area (Å²) in [5, 5.41) is 6.64. The van der Waals surface area contributed by atoms with Crippen LogP contribution < -0.4 is 14.2 Å². The van der Waals surface area contributed by atoms with E-state index >= 15 is 0 Å². The van der Waals surface area contributed by atoms with Crippen LogP contribution in [-0.2, 0) is 0 Å². The minimum Gasteiger partial charge on any atom is -0.493 e. The smallest absolute Gasteiger partial charge is 0.251 e. The predicted octanol–water partition coefficient (Wildman–Crippen LogP) is 5.22. The van der Waals surface area contributed by atoms with Gasteiger partial charge in [0.05, 0.1) is 26.0 Å². The molecule has 0 saturated carbocycles. The molecule has 0 spiro atoms. The Morgan fingerprint density at radius 3 is 2.53 bits per heavy atom. The molecule has 5 rings (SSSR count). The van der Waals surface area contributed by atoms with Gasteiger partial charge in [-0.3, -0.25) is 4.79 Å². The third kappa shape index (κ3) is 3.52. The van der Waals surface area contributed by atoms with Crippen LogP contribution in [0.2, 0.25) is 0 Å². The number of para-hydroxylation sites is 1. The lowest BCUT2D eigenvalue weighted by molar-refractivity contribution is -0.00455. The summed E-state index contributed by atoms with van der Waals surface area (Å²) in [5.41, 5.74) is 3.38. The number of methoxy groups -OCH3 is 2. The minimum atomic E-state index is -0.839. The highest BCUT2D eigenvalue weighted by atomic mass is 79.9. The second kappa shape index (κ2) is 8.31. The number of fused-ring (bicyclic) bond motifs is 3. The van der Waals surface area contributed by atoms with E-state index in [4.69, 9.17) is 19.3 Å². The summed E-state index contributed by atoms with van der Waals surface area (Å²) >= 11 is 3.42. The molecule has 0 bridgehead atoms. The summed E-state index contributed by atoms with van der Waals surface area (Å²) in [5.74, 6) is 1.88. The van der Waals surface area contributed by atoms with E-state index in [0.717, 1.165) is 21.3 Å². The van der Waals surface area contributed by atoms with Gasteiger partial charge in [-0.05, 0) is 36.4 Å². The summed E-state index contributed by atoms with van der Waals surface area (Å²) < 4.78 is 17.9. The van der Waals surface area contributed by atoms with Crippen LogP contribution in [0.25, 0.3) is 0 Å². The van der Waals surface area contributed by atoms with Crippen LogP contribution in [0.15, 0.2) is 76.3 Å². The summed E-state index contributed by atoms with van der Waals surface area (Å²) in [6.07, 6.45) is -0.186. The van der Waals surface area contributed by atoms with Crippen molar-refractivity contribution in [2.24, 2.45) is 5.10 Å². The highest BCUT2D eigenvalue weighted by Crippen LogP contribution is 2.44. The van der Waals surface area contributed by atoms with Gasteiger partial charge >= 0.3 is 0 Å². The van der Waals surface area contributed by atoms with E-state index in [2.05, 4.69) is 15.9 Å². The SMILES string of the molecule is COc1ccc(C2=NN3[C@@H](C(=O)c4ccc(Br)cc4)Oc4ccccc4[C@H]3C2)cc1OC. The molecule has 2 aliphatic heterocycles. The molecule has 0 amide bonds. The Hall–Kier alpha value is -3.32. The Morgan fingerprint density at radius 2 is 1.78 bits per heavy atom. The quantitative estimate of drug-likeness (QED) is 0.457. The average molecular weight is 493 g/mol. The zero-order chi connectivity index (χ0) is 22.2. The van der Waals surface area contributed by atoms with E-state index in [0.29, 0.717) is 29.2 Å². The van der Waals surface area contributed by atoms with Crippen molar-refractivity contribution in [3.05, 3.63) is 87.9 Å². The second-order valence-corrected chi connectivity index (χ2v) is 8.51. The number of ketones is 1. The van der Waals surface area contributed by atoms with Crippen molar-refractivity contribution < 1.29 is 19.0 Å². The van der Waals surface area contributed by atoms with E-state index in [1.807, 2.05) is 54.6 Å². The van der Waals surface area contributed by atoms with Gasteiger partial charge < -0.3 is 14.2 Å². The van der Waals surface area contributed by atoms with Crippen LogP contribution in [0.5, 0.6) is 17.2 Å². The molecule has 32 heavy (non-hydrogen) atoms. The molecule has 2 atom stereocenters. The van der Waals surface area contributed by atoms with Crippen LogP contribution in [0, 0.1) is 0 Å². The number of benzene rings is 3. The van der Waals surface area contributed by atoms with E-state index in [1.165, 1.54) is 0 Å². The number of carbonyl (C=O) groups is 1. The lowest BCUT2D eigenvalue weighted by Gasteiger charge is -2.37. The second-order valence-electron chi connectivity index (χ2n) is 7.60. The molecule has 2 heterocycles. The van der Waals surface area contributed by atoms with Crippen molar-refractivity contribution in [3.63, 3.8) is 0 Å². The van der Waals surface area contributed by atoms with E-state index < -0.39 is 6.23 Å². The molecule has 0 aliphatic carbocycles. The molecule has 6 nitrogen and oxygen atoms in total. The fourth-order valence-corrected chi connectivity index (χ4v) is 4.42. The van der Waals surface area contributed by atoms with Crippen molar-refractivity contribution in [2.45, 2.75) is 18.7 Å². The lowest BCUT2D eigenvalue weighted by Crippen LogP contribution is -2.45. The third-order valence-electron chi connectivity index (χ3n) is 5.77. The van der Waals surface area contributed by atoms with E-state index in [-0.39, 0.29) is 11.8 Å². The monoisotopic (exact) mass is 492 g/mol. The molecule has 0 fully saturated rings. The first-order valence-corrected chi connectivity index (χ1v) is 11.0. The Balaban J connectivity index is 1.55. The Labute approximate surface area is 194 Å². The van der Waals surface area contributed by atoms with Gasteiger partial charge in [-0.25, -0.2) is 5.01 Å². The number of nitrogens with zero attached hydrogens (tertiary/aromatic N) is 2. The molecule has 0 radical (unpaired) electrons. The maximum atomic E-state index is 13.4. The molecular formula is C25H21BrN2O4. The molecule has 0 saturated heterocycles. The number of carbonyl (C=O) groups excluding carboxylic acids is 1. The highest BCUT2D eigenvalue weighted by molar-refractivity contribution is 9.10. The maximum Gasteiger partial charge on any atom is 0.251 e. The van der Waals surface area contributed by atoms with Crippen LogP contribution >= 0.6 is 15.9 Å². The largest absolute Gasteiger partial charge is 0.493 e. The third-order valence-corrected chi connectivity index (χ3v) is 6.30. The molecule has 162 valence electrons. The molecule has 7 heteroatoms. The molecule has 0 unspecified atom stereocenters. The summed E-state index contributed by atoms with van der Waals surface area (Å²) in [4.78, 5) is 13.4. The molecule has 3 aromatic carbocycles. The van der Waals surface area contributed by atoms with Crippen molar-refractivity contribution in [2.75, 3.05) is 14.2 Å². The van der Waals surface area contributed by atoms with Crippen molar-refractivity contribution in [1.29, 1.82) is 0 Å². The molecule has 2 aliphatic rings. The van der Waals surface area contributed by atoms with E-state index in [9.17, 15) is 4.79 Å². The topological polar surface area (TPSA) is 60.4 Å². The van der Waals surface area contributed by atoms with Gasteiger partial charge in [0.15, 0.2) is 11.5 Å². The van der Waals surface area contributed by atoms with Crippen molar-refractivity contribution in [3.8, 4) is 17.2 Å². The Kier molecular flexibility index (Phi) is 5.35. The molecule has 0 aromatic heterocycles. The standard InChI is InChI=1S/C25H21BrN2O4/c1-30-22-12-9-16(13-23(22)31-2)19-14-20-18-5-3-4-6-21(18)32-25(28(20)27-19)24(29)15-7-10-17(26)11-8-15/h3-13,20,25H,14H2,1-2H3/t20-,25-/m1/s1. The fourth-order valence-electron chi connectivity index (χ4n) is 4.15. The van der Waals surface area contributed by atoms with Crippen molar-refractivity contribution >= 4 is 27.4 Å². The number of ether oxygens (including phenoxy) is 3. The van der Waals surface area contributed by atoms with Crippen molar-refractivity contribution in [1.82, 2.24) is 5.01 Å². The molecular weight excluding hydrogens is 472 g/mol. The van der Waals surface area contributed by atoms with Crippen LogP contribution in [0.4, 0.5) is 0 Å². The first-order valence-electron chi connectivity index (χ1n) is 10.2. The number of hydrogen-bond donors (Lipinski definition) is 0. The predicted molar refractivity (Wildman–Crippen MR) is 125 cm³/mol. The van der Waals surface area contributed by atoms with Gasteiger partial charge in [0, 0.05) is 27.6 Å². The van der Waals surface area contributed by atoms with Crippen LogP contribution in [0.3, 0.4) is 0 Å². The average Bonchev–Trinajstić information content (AvgIpc) is 3.29. The summed E-state index contributed by atoms with van der Waals surface area (Å²) in [6.45, 7) is 0.